The van der Waals surface area contributed by atoms with Crippen LogP contribution in [0, 0.1) is 17.0 Å². The van der Waals surface area contributed by atoms with E-state index >= 15 is 0 Å². The molecule has 1 atom stereocenters. The monoisotopic (exact) mass is 527 g/mol. The molecule has 4 aromatic rings. The fourth-order valence-corrected chi connectivity index (χ4v) is 4.72. The molecule has 2 N–H and O–H groups in total. The van der Waals surface area contributed by atoms with Crippen LogP contribution in [-0.4, -0.2) is 23.8 Å². The maximum atomic E-state index is 13.4. The molecular weight excluding hydrogens is 502 g/mol. The van der Waals surface area contributed by atoms with Gasteiger partial charge in [-0.2, -0.15) is 0 Å². The van der Waals surface area contributed by atoms with Crippen molar-refractivity contribution in [2.24, 2.45) is 0 Å². The lowest BCUT2D eigenvalue weighted by Gasteiger charge is -2.18. The molecule has 0 bridgehead atoms. The lowest BCUT2D eigenvalue weighted by molar-refractivity contribution is -0.384. The summed E-state index contributed by atoms with van der Waals surface area (Å²) in [6.07, 6.45) is 0. The van der Waals surface area contributed by atoms with Crippen LogP contribution in [0.1, 0.15) is 26.7 Å². The Kier molecular flexibility index (Phi) is 8.40. The molecule has 1 unspecified atom stereocenters. The second-order valence-corrected chi connectivity index (χ2v) is 9.54. The van der Waals surface area contributed by atoms with Crippen molar-refractivity contribution in [3.05, 3.63) is 124 Å². The number of non-ortho nitro benzene ring substituents is 1. The maximum Gasteiger partial charge on any atom is 0.269 e. The highest BCUT2D eigenvalue weighted by molar-refractivity contribution is 8.00. The van der Waals surface area contributed by atoms with Crippen LogP contribution in [0.25, 0.3) is 0 Å². The van der Waals surface area contributed by atoms with Gasteiger partial charge in [0, 0.05) is 34.0 Å². The summed E-state index contributed by atoms with van der Waals surface area (Å²) in [7, 11) is 1.57. The minimum Gasteiger partial charge on any atom is -0.497 e. The number of benzene rings is 4. The summed E-state index contributed by atoms with van der Waals surface area (Å²) in [6.45, 7) is 1.71. The van der Waals surface area contributed by atoms with Crippen LogP contribution in [0.4, 0.5) is 17.1 Å². The summed E-state index contributed by atoms with van der Waals surface area (Å²) in [6, 6.07) is 27.8. The molecule has 0 radical (unpaired) electrons. The van der Waals surface area contributed by atoms with E-state index in [0.29, 0.717) is 28.3 Å². The van der Waals surface area contributed by atoms with Gasteiger partial charge in [0.05, 0.1) is 12.0 Å². The number of hydrogen-bond acceptors (Lipinski definition) is 6. The van der Waals surface area contributed by atoms with Crippen LogP contribution in [0.15, 0.2) is 102 Å². The van der Waals surface area contributed by atoms with Gasteiger partial charge in [0.2, 0.25) is 5.91 Å². The van der Waals surface area contributed by atoms with Crippen LogP contribution in [0.5, 0.6) is 5.75 Å². The Morgan fingerprint density at radius 1 is 0.895 bits per heavy atom. The van der Waals surface area contributed by atoms with Gasteiger partial charge < -0.3 is 15.4 Å². The highest BCUT2D eigenvalue weighted by atomic mass is 32.2. The predicted octanol–water partition coefficient (Wildman–Crippen LogP) is 6.64. The van der Waals surface area contributed by atoms with Gasteiger partial charge in [-0.25, -0.2) is 0 Å². The normalized spacial score (nSPS) is 11.3. The molecule has 4 rings (SSSR count). The van der Waals surface area contributed by atoms with Crippen molar-refractivity contribution >= 4 is 40.6 Å². The first-order chi connectivity index (χ1) is 18.3. The first-order valence-corrected chi connectivity index (χ1v) is 12.5. The first-order valence-electron chi connectivity index (χ1n) is 11.7. The summed E-state index contributed by atoms with van der Waals surface area (Å²) < 4.78 is 5.13. The average molecular weight is 528 g/mol. The third kappa shape index (κ3) is 6.57. The Hall–Kier alpha value is -4.63. The molecule has 0 aliphatic rings. The van der Waals surface area contributed by atoms with E-state index in [4.69, 9.17) is 4.74 Å². The van der Waals surface area contributed by atoms with E-state index in [1.54, 1.807) is 56.5 Å². The summed E-state index contributed by atoms with van der Waals surface area (Å²) in [5.41, 5.74) is 3.02. The van der Waals surface area contributed by atoms with Crippen LogP contribution < -0.4 is 15.4 Å². The highest BCUT2D eigenvalue weighted by Crippen LogP contribution is 2.37. The van der Waals surface area contributed by atoms with Crippen molar-refractivity contribution in [1.82, 2.24) is 0 Å². The number of carbonyl (C=O) groups is 2. The Morgan fingerprint density at radius 2 is 1.58 bits per heavy atom. The van der Waals surface area contributed by atoms with Crippen molar-refractivity contribution in [3.8, 4) is 5.75 Å². The van der Waals surface area contributed by atoms with E-state index in [2.05, 4.69) is 10.6 Å². The van der Waals surface area contributed by atoms with Gasteiger partial charge in [0.15, 0.2) is 0 Å². The fourth-order valence-electron chi connectivity index (χ4n) is 3.70. The number of methoxy groups -OCH3 is 1. The van der Waals surface area contributed by atoms with Crippen molar-refractivity contribution in [2.75, 3.05) is 17.7 Å². The van der Waals surface area contributed by atoms with E-state index in [1.807, 2.05) is 42.5 Å². The number of hydrogen-bond donors (Lipinski definition) is 2. The number of thioether (sulfide) groups is 1. The highest BCUT2D eigenvalue weighted by Gasteiger charge is 2.23. The molecule has 192 valence electrons. The van der Waals surface area contributed by atoms with Gasteiger partial charge in [0.25, 0.3) is 11.6 Å². The van der Waals surface area contributed by atoms with Crippen LogP contribution in [0.2, 0.25) is 0 Å². The van der Waals surface area contributed by atoms with E-state index in [9.17, 15) is 19.7 Å². The predicted molar refractivity (Wildman–Crippen MR) is 149 cm³/mol. The molecular formula is C29H25N3O5S. The lowest BCUT2D eigenvalue weighted by atomic mass is 10.1. The summed E-state index contributed by atoms with van der Waals surface area (Å²) in [5.74, 6) is 0.173. The Morgan fingerprint density at radius 3 is 2.18 bits per heavy atom. The molecule has 0 aliphatic heterocycles. The van der Waals surface area contributed by atoms with Crippen molar-refractivity contribution in [3.63, 3.8) is 0 Å². The number of nitro benzene ring substituents is 1. The van der Waals surface area contributed by atoms with Crippen LogP contribution >= 0.6 is 11.8 Å². The summed E-state index contributed by atoms with van der Waals surface area (Å²) in [4.78, 5) is 37.3. The number of amides is 2. The summed E-state index contributed by atoms with van der Waals surface area (Å²) >= 11 is 1.36. The molecule has 0 aromatic heterocycles. The first kappa shape index (κ1) is 26.4. The summed E-state index contributed by atoms with van der Waals surface area (Å²) in [5, 5.41) is 16.2. The van der Waals surface area contributed by atoms with E-state index in [-0.39, 0.29) is 17.5 Å². The largest absolute Gasteiger partial charge is 0.497 e. The zero-order chi connectivity index (χ0) is 27.1. The molecule has 4 aromatic carbocycles. The quantitative estimate of drug-likeness (QED) is 0.143. The van der Waals surface area contributed by atoms with E-state index < -0.39 is 10.2 Å². The molecule has 38 heavy (non-hydrogen) atoms. The lowest BCUT2D eigenvalue weighted by Crippen LogP contribution is -2.19. The Balaban J connectivity index is 1.48. The number of carbonyl (C=O) groups excluding carboxylic acids is 2. The van der Waals surface area contributed by atoms with Crippen molar-refractivity contribution < 1.29 is 19.2 Å². The van der Waals surface area contributed by atoms with E-state index in [0.717, 1.165) is 10.5 Å². The number of nitrogens with one attached hydrogen (secondary N) is 2. The number of ether oxygens (including phenoxy) is 1. The van der Waals surface area contributed by atoms with Gasteiger partial charge in [-0.3, -0.25) is 19.7 Å². The zero-order valence-corrected chi connectivity index (χ0v) is 21.5. The number of nitrogens with zero attached hydrogens (tertiary/aromatic N) is 1. The van der Waals surface area contributed by atoms with Crippen molar-refractivity contribution in [2.45, 2.75) is 17.1 Å². The third-order valence-corrected chi connectivity index (χ3v) is 7.00. The molecule has 0 saturated heterocycles. The van der Waals surface area contributed by atoms with Gasteiger partial charge in [-0.15, -0.1) is 11.8 Å². The Labute approximate surface area is 224 Å². The molecule has 0 heterocycles. The number of nitro groups is 1. The molecule has 0 saturated carbocycles. The minimum atomic E-state index is -0.578. The maximum absolute atomic E-state index is 13.4. The zero-order valence-electron chi connectivity index (χ0n) is 20.7. The van der Waals surface area contributed by atoms with Gasteiger partial charge in [-0.1, -0.05) is 30.3 Å². The molecule has 0 fully saturated rings. The van der Waals surface area contributed by atoms with Gasteiger partial charge in [0.1, 0.15) is 11.0 Å². The third-order valence-electron chi connectivity index (χ3n) is 5.74. The number of rotatable bonds is 9. The molecule has 0 aliphatic carbocycles. The van der Waals surface area contributed by atoms with Crippen LogP contribution in [-0.2, 0) is 4.79 Å². The van der Waals surface area contributed by atoms with Gasteiger partial charge in [-0.05, 0) is 72.6 Å². The SMILES string of the molecule is COc1ccc(C(=O)Nc2ccc(SC(C(=O)Nc3ccc([N+](=O)[O-])cc3C)c3ccccc3)cc2)cc1. The second kappa shape index (κ2) is 12.1. The molecule has 0 spiro atoms. The topological polar surface area (TPSA) is 111 Å². The minimum absolute atomic E-state index is 0.0337. The van der Waals surface area contributed by atoms with Crippen molar-refractivity contribution in [1.29, 1.82) is 0 Å². The average Bonchev–Trinajstić information content (AvgIpc) is 2.94. The number of anilines is 2. The fraction of sp³-hybridized carbons (Fsp3) is 0.103. The molecule has 9 heteroatoms. The smallest absolute Gasteiger partial charge is 0.269 e. The Bertz CT molecular complexity index is 1440. The standard InChI is InChI=1S/C29H25N3O5S/c1-19-18-23(32(35)36)12-17-26(19)31-29(34)27(20-6-4-3-5-7-20)38-25-15-10-22(11-16-25)30-28(33)21-8-13-24(37-2)14-9-21/h3-18,27H,1-2H3,(H,30,33)(H,31,34). The van der Waals surface area contributed by atoms with Gasteiger partial charge >= 0.3 is 0 Å². The van der Waals surface area contributed by atoms with E-state index in [1.165, 1.54) is 23.9 Å². The van der Waals surface area contributed by atoms with Crippen LogP contribution in [0.3, 0.4) is 0 Å². The number of aryl methyl sites for hydroxylation is 1. The molecule has 2 amide bonds. The second-order valence-electron chi connectivity index (χ2n) is 8.36. The molecule has 8 nitrogen and oxygen atoms in total.